The largest absolute Gasteiger partial charge is 0.490 e. The molecular formula is C30H32BrN3O7S. The van der Waals surface area contributed by atoms with E-state index in [1.165, 1.54) is 23.0 Å². The van der Waals surface area contributed by atoms with Crippen molar-refractivity contribution in [2.24, 2.45) is 4.99 Å². The summed E-state index contributed by atoms with van der Waals surface area (Å²) in [7, 11) is 5.18. The molecule has 4 rings (SSSR count). The molecule has 0 unspecified atom stereocenters. The molecule has 10 nitrogen and oxygen atoms in total. The monoisotopic (exact) mass is 657 g/mol. The Balaban J connectivity index is 1.89. The molecule has 1 atom stereocenters. The van der Waals surface area contributed by atoms with Crippen molar-refractivity contribution < 1.29 is 28.5 Å². The van der Waals surface area contributed by atoms with Crippen LogP contribution in [0.25, 0.3) is 6.08 Å². The molecule has 1 aliphatic heterocycles. The third-order valence-corrected chi connectivity index (χ3v) is 8.04. The second-order valence-electron chi connectivity index (χ2n) is 9.41. The van der Waals surface area contributed by atoms with E-state index in [2.05, 4.69) is 25.7 Å². The van der Waals surface area contributed by atoms with Crippen LogP contribution < -0.4 is 29.3 Å². The summed E-state index contributed by atoms with van der Waals surface area (Å²) >= 11 is 4.85. The van der Waals surface area contributed by atoms with Gasteiger partial charge in [-0.3, -0.25) is 9.36 Å². The van der Waals surface area contributed by atoms with Gasteiger partial charge in [-0.1, -0.05) is 23.5 Å². The number of thiazole rings is 1. The number of hydrogen-bond acceptors (Lipinski definition) is 10. The summed E-state index contributed by atoms with van der Waals surface area (Å²) in [4.78, 5) is 45.9. The number of esters is 2. The molecule has 0 aliphatic carbocycles. The number of carbonyl (C=O) groups is 2. The van der Waals surface area contributed by atoms with Crippen LogP contribution in [0.5, 0.6) is 11.5 Å². The lowest BCUT2D eigenvalue weighted by atomic mass is 9.95. The van der Waals surface area contributed by atoms with E-state index in [0.29, 0.717) is 38.7 Å². The maximum atomic E-state index is 14.0. The topological polar surface area (TPSA) is 109 Å². The molecule has 3 aromatic rings. The first-order chi connectivity index (χ1) is 20.1. The summed E-state index contributed by atoms with van der Waals surface area (Å²) in [5, 5.41) is 0. The second kappa shape index (κ2) is 13.4. The van der Waals surface area contributed by atoms with Gasteiger partial charge in [0.1, 0.15) is 0 Å². The average Bonchev–Trinajstić information content (AvgIpc) is 3.25. The molecule has 0 amide bonds. The summed E-state index contributed by atoms with van der Waals surface area (Å²) in [6.07, 6.45) is 1.81. The van der Waals surface area contributed by atoms with Crippen molar-refractivity contribution in [1.82, 2.24) is 4.57 Å². The van der Waals surface area contributed by atoms with Gasteiger partial charge in [0.2, 0.25) is 0 Å². The molecule has 0 spiro atoms. The zero-order valence-corrected chi connectivity index (χ0v) is 26.6. The van der Waals surface area contributed by atoms with Crippen molar-refractivity contribution in [2.75, 3.05) is 45.9 Å². The number of nitrogens with zero attached hydrogens (tertiary/aromatic N) is 3. The zero-order valence-electron chi connectivity index (χ0n) is 24.2. The van der Waals surface area contributed by atoms with Gasteiger partial charge in [-0.05, 0) is 78.2 Å². The molecule has 0 saturated carbocycles. The molecule has 0 saturated heterocycles. The van der Waals surface area contributed by atoms with Crippen LogP contribution in [0.1, 0.15) is 37.9 Å². The highest BCUT2D eigenvalue weighted by molar-refractivity contribution is 9.10. The molecule has 0 bridgehead atoms. The molecular weight excluding hydrogens is 626 g/mol. The van der Waals surface area contributed by atoms with E-state index in [-0.39, 0.29) is 24.3 Å². The second-order valence-corrected chi connectivity index (χ2v) is 11.3. The number of anilines is 1. The van der Waals surface area contributed by atoms with E-state index < -0.39 is 18.0 Å². The number of allylic oxidation sites excluding steroid dienone is 1. The van der Waals surface area contributed by atoms with Gasteiger partial charge < -0.3 is 23.8 Å². The summed E-state index contributed by atoms with van der Waals surface area (Å²) < 4.78 is 24.4. The first-order valence-corrected chi connectivity index (χ1v) is 14.8. The van der Waals surface area contributed by atoms with Crippen molar-refractivity contribution in [3.05, 3.63) is 83.0 Å². The number of methoxy groups -OCH3 is 1. The number of fused-ring (bicyclic) bond motifs is 1. The first-order valence-electron chi connectivity index (χ1n) is 13.2. The standard InChI is InChI=1S/C30H32BrN3O7S/c1-7-39-23-15-19(10-12-22(23)41-16-25(35)38-6)27-26(29(37)40-8-2)17(3)32-30-34(27)28(36)24(42-30)14-18-9-11-21(33(4)5)20(31)13-18/h9-15,27H,7-8,16H2,1-6H3/b24-14-/t27-/m1/s1. The fourth-order valence-corrected chi connectivity index (χ4v) is 6.31. The molecule has 222 valence electrons. The van der Waals surface area contributed by atoms with Crippen LogP contribution in [0, 0.1) is 0 Å². The lowest BCUT2D eigenvalue weighted by Gasteiger charge is -2.25. The predicted octanol–water partition coefficient (Wildman–Crippen LogP) is 3.58. The Bertz CT molecular complexity index is 1730. The van der Waals surface area contributed by atoms with Crippen LogP contribution in [-0.4, -0.2) is 57.5 Å². The number of rotatable bonds is 10. The van der Waals surface area contributed by atoms with E-state index in [1.807, 2.05) is 50.2 Å². The zero-order chi connectivity index (χ0) is 30.6. The van der Waals surface area contributed by atoms with Gasteiger partial charge in [-0.2, -0.15) is 0 Å². The molecule has 0 fully saturated rings. The van der Waals surface area contributed by atoms with Crippen LogP contribution in [-0.2, 0) is 19.1 Å². The van der Waals surface area contributed by atoms with Crippen LogP contribution in [0.15, 0.2) is 61.9 Å². The van der Waals surface area contributed by atoms with Crippen LogP contribution >= 0.6 is 27.3 Å². The van der Waals surface area contributed by atoms with Gasteiger partial charge in [0, 0.05) is 18.6 Å². The van der Waals surface area contributed by atoms with Crippen LogP contribution in [0.3, 0.4) is 0 Å². The van der Waals surface area contributed by atoms with Gasteiger partial charge in [-0.15, -0.1) is 0 Å². The van der Waals surface area contributed by atoms with Crippen molar-refractivity contribution in [1.29, 1.82) is 0 Å². The Kier molecular flexibility index (Phi) is 9.89. The maximum absolute atomic E-state index is 14.0. The average molecular weight is 659 g/mol. The highest BCUT2D eigenvalue weighted by atomic mass is 79.9. The number of aromatic nitrogens is 1. The molecule has 1 aromatic heterocycles. The minimum Gasteiger partial charge on any atom is -0.490 e. The van der Waals surface area contributed by atoms with Gasteiger partial charge >= 0.3 is 11.9 Å². The van der Waals surface area contributed by atoms with Crippen LogP contribution in [0.2, 0.25) is 0 Å². The lowest BCUT2D eigenvalue weighted by Crippen LogP contribution is -2.40. The number of carbonyl (C=O) groups excluding carboxylic acids is 2. The number of halogens is 1. The predicted molar refractivity (Wildman–Crippen MR) is 164 cm³/mol. The Morgan fingerprint density at radius 2 is 1.86 bits per heavy atom. The molecule has 2 aromatic carbocycles. The Morgan fingerprint density at radius 3 is 2.50 bits per heavy atom. The quantitative estimate of drug-likeness (QED) is 0.305. The van der Waals surface area contributed by atoms with Crippen molar-refractivity contribution in [3.63, 3.8) is 0 Å². The number of benzene rings is 2. The molecule has 1 aliphatic rings. The third kappa shape index (κ3) is 6.44. The molecule has 0 radical (unpaired) electrons. The van der Waals surface area contributed by atoms with E-state index in [4.69, 9.17) is 14.2 Å². The van der Waals surface area contributed by atoms with E-state index >= 15 is 0 Å². The van der Waals surface area contributed by atoms with Crippen molar-refractivity contribution in [3.8, 4) is 11.5 Å². The van der Waals surface area contributed by atoms with Gasteiger partial charge in [0.25, 0.3) is 5.56 Å². The first kappa shape index (κ1) is 31.0. The smallest absolute Gasteiger partial charge is 0.343 e. The van der Waals surface area contributed by atoms with Crippen LogP contribution in [0.4, 0.5) is 5.69 Å². The van der Waals surface area contributed by atoms with E-state index in [0.717, 1.165) is 15.7 Å². The van der Waals surface area contributed by atoms with E-state index in [1.54, 1.807) is 32.0 Å². The van der Waals surface area contributed by atoms with Gasteiger partial charge in [0.15, 0.2) is 22.9 Å². The Morgan fingerprint density at radius 1 is 1.10 bits per heavy atom. The summed E-state index contributed by atoms with van der Waals surface area (Å²) in [6, 6.07) is 10.1. The van der Waals surface area contributed by atoms with Crippen molar-refractivity contribution >= 4 is 51.0 Å². The highest BCUT2D eigenvalue weighted by Gasteiger charge is 2.34. The minimum atomic E-state index is -0.834. The molecule has 0 N–H and O–H groups in total. The molecule has 42 heavy (non-hydrogen) atoms. The molecule has 12 heteroatoms. The summed E-state index contributed by atoms with van der Waals surface area (Å²) in [6.45, 7) is 5.45. The minimum absolute atomic E-state index is 0.162. The fourth-order valence-electron chi connectivity index (χ4n) is 4.51. The van der Waals surface area contributed by atoms with E-state index in [9.17, 15) is 14.4 Å². The maximum Gasteiger partial charge on any atom is 0.343 e. The summed E-state index contributed by atoms with van der Waals surface area (Å²) in [5.74, 6) is -0.432. The third-order valence-electron chi connectivity index (χ3n) is 6.42. The number of hydrogen-bond donors (Lipinski definition) is 0. The number of ether oxygens (including phenoxy) is 4. The SMILES string of the molecule is CCOC(=O)C1=C(C)N=c2s/c(=C\c3ccc(N(C)C)c(Br)c3)c(=O)n2[C@@H]1c1ccc(OCC(=O)OC)c(OCC)c1. The van der Waals surface area contributed by atoms with Crippen molar-refractivity contribution in [2.45, 2.75) is 26.8 Å². The normalized spacial score (nSPS) is 14.6. The highest BCUT2D eigenvalue weighted by Crippen LogP contribution is 2.36. The summed E-state index contributed by atoms with van der Waals surface area (Å²) in [5.41, 5.74) is 2.84. The lowest BCUT2D eigenvalue weighted by molar-refractivity contribution is -0.143. The molecule has 2 heterocycles. The Hall–Kier alpha value is -3.90. The van der Waals surface area contributed by atoms with Gasteiger partial charge in [-0.25, -0.2) is 14.6 Å². The Labute approximate surface area is 255 Å². The fraction of sp³-hybridized carbons (Fsp3) is 0.333. The van der Waals surface area contributed by atoms with Gasteiger partial charge in [0.05, 0.1) is 47.9 Å².